The number of benzene rings is 1. The number of furan rings is 1. The van der Waals surface area contributed by atoms with Crippen molar-refractivity contribution in [2.75, 3.05) is 6.54 Å². The third kappa shape index (κ3) is 2.48. The van der Waals surface area contributed by atoms with E-state index in [2.05, 4.69) is 21.0 Å². The fourth-order valence-corrected chi connectivity index (χ4v) is 2.93. The molecule has 0 radical (unpaired) electrons. The average Bonchev–Trinajstić information content (AvgIpc) is 3.02. The number of hydrogen-bond donors (Lipinski definition) is 1. The van der Waals surface area contributed by atoms with Gasteiger partial charge >= 0.3 is 5.91 Å². The molecule has 0 saturated carbocycles. The minimum Gasteiger partial charge on any atom is -0.451 e. The minimum absolute atomic E-state index is 0.267. The summed E-state index contributed by atoms with van der Waals surface area (Å²) in [6.07, 6.45) is 0.706. The lowest BCUT2D eigenvalue weighted by Gasteiger charge is -2.01. The molecule has 6 heteroatoms. The second kappa shape index (κ2) is 5.70. The average molecular weight is 362 g/mol. The van der Waals surface area contributed by atoms with Gasteiger partial charge < -0.3 is 10.2 Å². The van der Waals surface area contributed by atoms with Gasteiger partial charge in [-0.2, -0.15) is 9.78 Å². The van der Waals surface area contributed by atoms with Gasteiger partial charge in [0.1, 0.15) is 5.58 Å². The maximum atomic E-state index is 12.7. The number of halogens is 1. The van der Waals surface area contributed by atoms with Crippen molar-refractivity contribution in [3.05, 3.63) is 51.4 Å². The molecule has 0 fully saturated rings. The topological polar surface area (TPSA) is 74.0 Å². The van der Waals surface area contributed by atoms with E-state index in [0.29, 0.717) is 18.5 Å². The molecule has 2 aromatic heterocycles. The zero-order valence-corrected chi connectivity index (χ0v) is 14.0. The second-order valence-corrected chi connectivity index (χ2v) is 6.11. The van der Waals surface area contributed by atoms with Gasteiger partial charge in [-0.3, -0.25) is 4.79 Å². The van der Waals surface area contributed by atoms with Crippen LogP contribution in [0.1, 0.15) is 27.5 Å². The van der Waals surface area contributed by atoms with E-state index >= 15 is 0 Å². The van der Waals surface area contributed by atoms with Crippen LogP contribution in [0.3, 0.4) is 0 Å². The summed E-state index contributed by atoms with van der Waals surface area (Å²) in [6.45, 7) is 4.29. The van der Waals surface area contributed by atoms with E-state index in [1.807, 2.05) is 32.0 Å². The van der Waals surface area contributed by atoms with E-state index < -0.39 is 0 Å². The first kappa shape index (κ1) is 15.0. The van der Waals surface area contributed by atoms with Crippen molar-refractivity contribution >= 4 is 32.8 Å². The zero-order chi connectivity index (χ0) is 15.9. The lowest BCUT2D eigenvalue weighted by Crippen LogP contribution is -2.15. The van der Waals surface area contributed by atoms with Crippen LogP contribution in [0.2, 0.25) is 0 Å². The first-order valence-corrected chi connectivity index (χ1v) is 7.79. The zero-order valence-electron chi connectivity index (χ0n) is 12.4. The molecule has 0 aliphatic carbocycles. The number of nitrogens with zero attached hydrogens (tertiary/aromatic N) is 2. The lowest BCUT2D eigenvalue weighted by atomic mass is 10.1. The summed E-state index contributed by atoms with van der Waals surface area (Å²) in [4.78, 5) is 12.7. The van der Waals surface area contributed by atoms with Crippen LogP contribution in [0.4, 0.5) is 0 Å². The molecule has 2 N–H and O–H groups in total. The molecule has 0 spiro atoms. The highest BCUT2D eigenvalue weighted by atomic mass is 79.9. The molecule has 0 aliphatic heterocycles. The standard InChI is InChI=1S/C16H16BrN3O2/c1-9-13(5-6-18)10(2)20(19-9)16(21)15-7-11-3-4-12(17)8-14(11)22-15/h3-4,7-8H,5-6,18H2,1-2H3. The number of nitrogens with two attached hydrogens (primary N) is 1. The Labute approximate surface area is 136 Å². The highest BCUT2D eigenvalue weighted by Gasteiger charge is 2.20. The summed E-state index contributed by atoms with van der Waals surface area (Å²) in [6, 6.07) is 7.39. The molecule has 0 amide bonds. The summed E-state index contributed by atoms with van der Waals surface area (Å²) >= 11 is 3.39. The molecule has 0 aliphatic rings. The van der Waals surface area contributed by atoms with Crippen molar-refractivity contribution in [1.29, 1.82) is 0 Å². The number of carbonyl (C=O) groups excluding carboxylic acids is 1. The quantitative estimate of drug-likeness (QED) is 0.777. The summed E-state index contributed by atoms with van der Waals surface area (Å²) in [5, 5.41) is 5.22. The predicted octanol–water partition coefficient (Wildman–Crippen LogP) is 3.20. The van der Waals surface area contributed by atoms with Crippen molar-refractivity contribution in [1.82, 2.24) is 9.78 Å². The van der Waals surface area contributed by atoms with Gasteiger partial charge in [-0.15, -0.1) is 0 Å². The number of aromatic nitrogens is 2. The van der Waals surface area contributed by atoms with Crippen LogP contribution in [0.15, 0.2) is 33.2 Å². The molecule has 1 aromatic carbocycles. The van der Waals surface area contributed by atoms with Crippen molar-refractivity contribution in [3.63, 3.8) is 0 Å². The molecule has 0 saturated heterocycles. The molecule has 5 nitrogen and oxygen atoms in total. The van der Waals surface area contributed by atoms with Crippen molar-refractivity contribution in [2.45, 2.75) is 20.3 Å². The van der Waals surface area contributed by atoms with E-state index in [-0.39, 0.29) is 11.7 Å². The van der Waals surface area contributed by atoms with Crippen molar-refractivity contribution < 1.29 is 9.21 Å². The Morgan fingerprint density at radius 2 is 2.14 bits per heavy atom. The maximum Gasteiger partial charge on any atom is 0.314 e. The van der Waals surface area contributed by atoms with Gasteiger partial charge in [0.2, 0.25) is 0 Å². The third-order valence-corrected chi connectivity index (χ3v) is 4.21. The van der Waals surface area contributed by atoms with Gasteiger partial charge in [0.15, 0.2) is 5.76 Å². The summed E-state index contributed by atoms with van der Waals surface area (Å²) in [5.74, 6) is 0.00851. The Hall–Kier alpha value is -1.92. The summed E-state index contributed by atoms with van der Waals surface area (Å²) < 4.78 is 7.97. The number of hydrogen-bond acceptors (Lipinski definition) is 4. The smallest absolute Gasteiger partial charge is 0.314 e. The van der Waals surface area contributed by atoms with E-state index in [4.69, 9.17) is 10.2 Å². The maximum absolute atomic E-state index is 12.7. The molecule has 114 valence electrons. The van der Waals surface area contributed by atoms with Crippen LogP contribution in [0.25, 0.3) is 11.0 Å². The Kier molecular flexibility index (Phi) is 3.88. The molecular formula is C16H16BrN3O2. The number of rotatable bonds is 3. The first-order chi connectivity index (χ1) is 10.5. The molecule has 2 heterocycles. The molecule has 0 unspecified atom stereocenters. The molecule has 3 aromatic rings. The number of aryl methyl sites for hydroxylation is 1. The van der Waals surface area contributed by atoms with E-state index in [0.717, 1.165) is 26.8 Å². The van der Waals surface area contributed by atoms with Gasteiger partial charge in [-0.1, -0.05) is 15.9 Å². The SMILES string of the molecule is Cc1nn(C(=O)c2cc3ccc(Br)cc3o2)c(C)c1CCN. The van der Waals surface area contributed by atoms with Gasteiger partial charge in [-0.25, -0.2) is 0 Å². The third-order valence-electron chi connectivity index (χ3n) is 3.72. The highest BCUT2D eigenvalue weighted by Crippen LogP contribution is 2.24. The predicted molar refractivity (Wildman–Crippen MR) is 88.1 cm³/mol. The molecule has 0 atom stereocenters. The van der Waals surface area contributed by atoms with Gasteiger partial charge in [0.05, 0.1) is 5.69 Å². The summed E-state index contributed by atoms with van der Waals surface area (Å²) in [5.41, 5.74) is 8.95. The van der Waals surface area contributed by atoms with E-state index in [1.54, 1.807) is 6.07 Å². The largest absolute Gasteiger partial charge is 0.451 e. The number of carbonyl (C=O) groups is 1. The Morgan fingerprint density at radius 3 is 2.86 bits per heavy atom. The second-order valence-electron chi connectivity index (χ2n) is 5.20. The Morgan fingerprint density at radius 1 is 1.36 bits per heavy atom. The van der Waals surface area contributed by atoms with Crippen LogP contribution in [0, 0.1) is 13.8 Å². The van der Waals surface area contributed by atoms with Gasteiger partial charge in [-0.05, 0) is 56.6 Å². The van der Waals surface area contributed by atoms with Crippen molar-refractivity contribution in [2.24, 2.45) is 5.73 Å². The molecule has 0 bridgehead atoms. The summed E-state index contributed by atoms with van der Waals surface area (Å²) in [7, 11) is 0. The lowest BCUT2D eigenvalue weighted by molar-refractivity contribution is 0.0916. The van der Waals surface area contributed by atoms with E-state index in [9.17, 15) is 4.79 Å². The number of fused-ring (bicyclic) bond motifs is 1. The normalized spacial score (nSPS) is 11.3. The fraction of sp³-hybridized carbons (Fsp3) is 0.250. The van der Waals surface area contributed by atoms with Gasteiger partial charge in [0, 0.05) is 15.6 Å². The van der Waals surface area contributed by atoms with Crippen LogP contribution in [-0.2, 0) is 6.42 Å². The first-order valence-electron chi connectivity index (χ1n) is 7.00. The van der Waals surface area contributed by atoms with Crippen LogP contribution in [-0.4, -0.2) is 22.2 Å². The fourth-order valence-electron chi connectivity index (χ4n) is 2.59. The van der Waals surface area contributed by atoms with Crippen molar-refractivity contribution in [3.8, 4) is 0 Å². The molecule has 3 rings (SSSR count). The van der Waals surface area contributed by atoms with Crippen LogP contribution in [0.5, 0.6) is 0 Å². The van der Waals surface area contributed by atoms with E-state index in [1.165, 1.54) is 4.68 Å². The van der Waals surface area contributed by atoms with Crippen LogP contribution < -0.4 is 5.73 Å². The molecular weight excluding hydrogens is 346 g/mol. The Bertz CT molecular complexity index is 864. The van der Waals surface area contributed by atoms with Crippen LogP contribution >= 0.6 is 15.9 Å². The monoisotopic (exact) mass is 361 g/mol. The highest BCUT2D eigenvalue weighted by molar-refractivity contribution is 9.10. The minimum atomic E-state index is -0.267. The Balaban J connectivity index is 2.04. The van der Waals surface area contributed by atoms with Gasteiger partial charge in [0.25, 0.3) is 0 Å². The molecule has 22 heavy (non-hydrogen) atoms.